The van der Waals surface area contributed by atoms with Gasteiger partial charge in [0.15, 0.2) is 0 Å². The van der Waals surface area contributed by atoms with Crippen LogP contribution >= 0.6 is 23.2 Å². The Morgan fingerprint density at radius 2 is 1.70 bits per heavy atom. The summed E-state index contributed by atoms with van der Waals surface area (Å²) in [5.74, 6) is 0.358. The highest BCUT2D eigenvalue weighted by Crippen LogP contribution is 2.60. The first-order valence-corrected chi connectivity index (χ1v) is 13.5. The van der Waals surface area contributed by atoms with E-state index in [1.54, 1.807) is 18.2 Å². The zero-order valence-corrected chi connectivity index (χ0v) is 20.7. The first-order chi connectivity index (χ1) is 15.7. The molecule has 5 fully saturated rings. The number of anilines is 1. The molecule has 6 rings (SSSR count). The van der Waals surface area contributed by atoms with Gasteiger partial charge in [-0.05, 0) is 74.8 Å². The van der Waals surface area contributed by atoms with Crippen molar-refractivity contribution in [1.29, 1.82) is 0 Å². The minimum Gasteiger partial charge on any atom is -0.369 e. The third-order valence-corrected chi connectivity index (χ3v) is 10.4. The Kier molecular flexibility index (Phi) is 5.85. The quantitative estimate of drug-likeness (QED) is 0.506. The van der Waals surface area contributed by atoms with Gasteiger partial charge < -0.3 is 11.1 Å². The number of carbonyl (C=O) groups excluding carboxylic acids is 2. The molecule has 5 aliphatic carbocycles. The van der Waals surface area contributed by atoms with E-state index in [0.717, 1.165) is 32.1 Å². The van der Waals surface area contributed by atoms with Crippen LogP contribution in [0, 0.1) is 23.2 Å². The summed E-state index contributed by atoms with van der Waals surface area (Å²) >= 11 is 12.6. The minimum atomic E-state index is -3.14. The zero-order valence-electron chi connectivity index (χ0n) is 18.3. The van der Waals surface area contributed by atoms with E-state index in [1.807, 2.05) is 0 Å². The number of nitrogens with zero attached hydrogens (tertiary/aromatic N) is 1. The molecule has 0 aromatic heterocycles. The Hall–Kier alpha value is -1.51. The fraction of sp³-hybridized carbons (Fsp3) is 0.652. The summed E-state index contributed by atoms with van der Waals surface area (Å²) in [6.07, 6.45) is 6.54. The molecule has 0 saturated heterocycles. The molecule has 0 spiro atoms. The average Bonchev–Trinajstić information content (AvgIpc) is 3.24. The molecule has 4 bridgehead atoms. The molecule has 1 aromatic rings. The van der Waals surface area contributed by atoms with Crippen LogP contribution in [0.1, 0.15) is 57.8 Å². The van der Waals surface area contributed by atoms with E-state index in [4.69, 9.17) is 28.9 Å². The van der Waals surface area contributed by atoms with Crippen LogP contribution in [0.5, 0.6) is 0 Å². The molecule has 3 N–H and O–H groups in total. The third-order valence-electron chi connectivity index (χ3n) is 8.68. The summed E-state index contributed by atoms with van der Waals surface area (Å²) in [6, 6.07) is 4.75. The van der Waals surface area contributed by atoms with E-state index in [-0.39, 0.29) is 45.4 Å². The number of carbonyl (C=O) groups is 2. The second-order valence-corrected chi connectivity index (χ2v) is 12.1. The predicted molar refractivity (Wildman–Crippen MR) is 128 cm³/mol. The number of hydrogen-bond acceptors (Lipinski definition) is 4. The molecule has 5 aliphatic rings. The van der Waals surface area contributed by atoms with Gasteiger partial charge in [0.1, 0.15) is 5.54 Å². The van der Waals surface area contributed by atoms with Gasteiger partial charge in [-0.25, -0.2) is 8.42 Å². The van der Waals surface area contributed by atoms with Gasteiger partial charge in [-0.15, -0.1) is 0 Å². The Morgan fingerprint density at radius 1 is 1.06 bits per heavy atom. The van der Waals surface area contributed by atoms with Gasteiger partial charge in [0.25, 0.3) is 0 Å². The van der Waals surface area contributed by atoms with Crippen LogP contribution in [0.4, 0.5) is 5.69 Å². The summed E-state index contributed by atoms with van der Waals surface area (Å²) in [6.45, 7) is 0. The number of benzene rings is 1. The molecule has 2 unspecified atom stereocenters. The van der Waals surface area contributed by atoms with Crippen molar-refractivity contribution < 1.29 is 18.0 Å². The lowest BCUT2D eigenvalue weighted by atomic mass is 9.47. The highest BCUT2D eigenvalue weighted by atomic mass is 35.5. The van der Waals surface area contributed by atoms with Crippen LogP contribution in [0.25, 0.3) is 0 Å². The Labute approximate surface area is 205 Å². The Morgan fingerprint density at radius 3 is 2.27 bits per heavy atom. The van der Waals surface area contributed by atoms with Crippen LogP contribution in [0.3, 0.4) is 0 Å². The van der Waals surface area contributed by atoms with Crippen LogP contribution < -0.4 is 15.4 Å². The molecule has 7 nitrogen and oxygen atoms in total. The van der Waals surface area contributed by atoms with E-state index >= 15 is 0 Å². The molecular weight excluding hydrogens is 485 g/mol. The number of primary amides is 1. The van der Waals surface area contributed by atoms with Crippen molar-refractivity contribution in [1.82, 2.24) is 5.32 Å². The van der Waals surface area contributed by atoms with Gasteiger partial charge in [0.05, 0.1) is 15.7 Å². The first-order valence-electron chi connectivity index (χ1n) is 11.7. The van der Waals surface area contributed by atoms with Crippen molar-refractivity contribution in [3.8, 4) is 0 Å². The number of thiol groups is 1. The molecule has 2 atom stereocenters. The van der Waals surface area contributed by atoms with Crippen LogP contribution in [0.2, 0.25) is 10.0 Å². The van der Waals surface area contributed by atoms with Crippen LogP contribution in [-0.2, 0) is 20.5 Å². The smallest absolute Gasteiger partial charge is 0.247 e. The predicted octanol–water partition coefficient (Wildman–Crippen LogP) is 3.44. The van der Waals surface area contributed by atoms with E-state index in [9.17, 15) is 18.0 Å². The topological polar surface area (TPSA) is 110 Å². The number of amides is 2. The van der Waals surface area contributed by atoms with Crippen molar-refractivity contribution in [2.45, 2.75) is 69.4 Å². The summed E-state index contributed by atoms with van der Waals surface area (Å²) < 4.78 is 26.3. The maximum absolute atomic E-state index is 13.9. The number of rotatable bonds is 6. The normalized spacial score (nSPS) is 33.9. The number of nitrogens with two attached hydrogens (primary N) is 1. The van der Waals surface area contributed by atoms with E-state index in [2.05, 4.69) is 5.32 Å². The molecule has 10 heteroatoms. The lowest BCUT2D eigenvalue weighted by molar-refractivity contribution is -0.148. The minimum absolute atomic E-state index is 0.0692. The van der Waals surface area contributed by atoms with Crippen molar-refractivity contribution in [3.05, 3.63) is 28.2 Å². The number of hydrogen-bond donors (Lipinski definition) is 3. The second-order valence-electron chi connectivity index (χ2n) is 10.5. The highest BCUT2D eigenvalue weighted by Gasteiger charge is 2.59. The molecule has 1 aromatic carbocycles. The fourth-order valence-corrected chi connectivity index (χ4v) is 8.86. The molecule has 0 aliphatic heterocycles. The third kappa shape index (κ3) is 3.64. The van der Waals surface area contributed by atoms with Gasteiger partial charge >= 0.3 is 0 Å². The molecule has 0 heterocycles. The highest BCUT2D eigenvalue weighted by molar-refractivity contribution is 7.74. The molecular formula is C23H29Cl2N3O4S. The van der Waals surface area contributed by atoms with Crippen LogP contribution in [-0.4, -0.2) is 31.8 Å². The SMILES string of the molecule is NC(=O)C12CC3CC(C1)C(NC(=O)C1(N(c4cccc(Cl)c4Cl)[SH](=O)=O)CCCC1)C(C3)C2. The maximum Gasteiger partial charge on any atom is 0.247 e. The summed E-state index contributed by atoms with van der Waals surface area (Å²) in [5, 5.41) is 3.62. The molecule has 0 radical (unpaired) electrons. The van der Waals surface area contributed by atoms with Crippen molar-refractivity contribution in [3.63, 3.8) is 0 Å². The first kappa shape index (κ1) is 23.2. The second kappa shape index (κ2) is 8.31. The fourth-order valence-electron chi connectivity index (χ4n) is 7.47. The number of nitrogens with one attached hydrogen (secondary N) is 1. The summed E-state index contributed by atoms with van der Waals surface area (Å²) in [7, 11) is -3.14. The van der Waals surface area contributed by atoms with Crippen molar-refractivity contribution >= 4 is 51.6 Å². The number of halogens is 2. The monoisotopic (exact) mass is 513 g/mol. The van der Waals surface area contributed by atoms with Gasteiger partial charge in [0.2, 0.25) is 22.7 Å². The van der Waals surface area contributed by atoms with Gasteiger partial charge in [0, 0.05) is 11.5 Å². The molecule has 5 saturated carbocycles. The molecule has 33 heavy (non-hydrogen) atoms. The van der Waals surface area contributed by atoms with Crippen molar-refractivity contribution in [2.24, 2.45) is 28.9 Å². The summed E-state index contributed by atoms with van der Waals surface area (Å²) in [5.41, 5.74) is 4.35. The maximum atomic E-state index is 13.9. The standard InChI is InChI=1S/C23H29Cl2N3O4S/c24-16-4-3-5-17(18(16)25)28(33(31)32)23(6-1-2-7-23)21(30)27-19-14-8-13-9-15(19)12-22(10-13,11-14)20(26)29/h3-5,13-15,19,33H,1-2,6-12H2,(H2,26,29)(H,27,30). The summed E-state index contributed by atoms with van der Waals surface area (Å²) in [4.78, 5) is 26.2. The van der Waals surface area contributed by atoms with Gasteiger partial charge in [-0.1, -0.05) is 42.1 Å². The Balaban J connectivity index is 1.46. The lowest BCUT2D eigenvalue weighted by Crippen LogP contribution is -2.65. The lowest BCUT2D eigenvalue weighted by Gasteiger charge is -2.59. The molecule has 180 valence electrons. The largest absolute Gasteiger partial charge is 0.369 e. The molecule has 2 amide bonds. The van der Waals surface area contributed by atoms with Crippen molar-refractivity contribution in [2.75, 3.05) is 4.31 Å². The van der Waals surface area contributed by atoms with E-state index < -0.39 is 21.8 Å². The van der Waals surface area contributed by atoms with E-state index in [0.29, 0.717) is 31.6 Å². The zero-order chi connectivity index (χ0) is 23.5. The van der Waals surface area contributed by atoms with Gasteiger partial charge in [-0.2, -0.15) is 0 Å². The van der Waals surface area contributed by atoms with Gasteiger partial charge in [-0.3, -0.25) is 13.9 Å². The van der Waals surface area contributed by atoms with Crippen LogP contribution in [0.15, 0.2) is 18.2 Å². The Bertz CT molecular complexity index is 1050. The average molecular weight is 514 g/mol. The van der Waals surface area contributed by atoms with E-state index in [1.165, 1.54) is 4.31 Å².